The summed E-state index contributed by atoms with van der Waals surface area (Å²) in [5, 5.41) is 3.66. The highest BCUT2D eigenvalue weighted by Gasteiger charge is 2.44. The summed E-state index contributed by atoms with van der Waals surface area (Å²) in [6.07, 6.45) is 3.18. The van der Waals surface area contributed by atoms with Crippen molar-refractivity contribution in [2.45, 2.75) is 26.3 Å². The van der Waals surface area contributed by atoms with Gasteiger partial charge >= 0.3 is 0 Å². The summed E-state index contributed by atoms with van der Waals surface area (Å²) in [4.78, 5) is 25.6. The molecule has 154 valence electrons. The Kier molecular flexibility index (Phi) is 4.49. The van der Waals surface area contributed by atoms with Crippen LogP contribution in [-0.4, -0.2) is 47.1 Å². The van der Waals surface area contributed by atoms with Crippen molar-refractivity contribution in [1.29, 1.82) is 0 Å². The summed E-state index contributed by atoms with van der Waals surface area (Å²) in [6, 6.07) is 6.82. The maximum Gasteiger partial charge on any atom is 0.225 e. The molecule has 8 heteroatoms. The van der Waals surface area contributed by atoms with Crippen molar-refractivity contribution in [2.24, 2.45) is 5.92 Å². The van der Waals surface area contributed by atoms with E-state index in [2.05, 4.69) is 24.9 Å². The Balaban J connectivity index is 1.46. The molecule has 2 aliphatic rings. The van der Waals surface area contributed by atoms with Gasteiger partial charge in [0.25, 0.3) is 0 Å². The van der Waals surface area contributed by atoms with Crippen LogP contribution in [0.15, 0.2) is 35.0 Å². The Morgan fingerprint density at radius 1 is 1.17 bits per heavy atom. The minimum atomic E-state index is -0.497. The Morgan fingerprint density at radius 2 is 1.97 bits per heavy atom. The number of piperidine rings is 1. The van der Waals surface area contributed by atoms with Gasteiger partial charge in [-0.15, -0.1) is 0 Å². The predicted molar refractivity (Wildman–Crippen MR) is 110 cm³/mol. The summed E-state index contributed by atoms with van der Waals surface area (Å²) in [6.45, 7) is 6.46. The van der Waals surface area contributed by atoms with Crippen molar-refractivity contribution < 1.29 is 13.7 Å². The summed E-state index contributed by atoms with van der Waals surface area (Å²) >= 11 is 0. The SMILES string of the molecule is Cc1cc(C)nc(N2CC[C@@H]3CN(c4ccc(F)c(-c5ccno5)c4C=O)[C@@H]3C2)n1. The fraction of sp³-hybridized carbons (Fsp3) is 0.364. The first-order chi connectivity index (χ1) is 14.5. The molecule has 7 nitrogen and oxygen atoms in total. The smallest absolute Gasteiger partial charge is 0.225 e. The number of hydrogen-bond acceptors (Lipinski definition) is 7. The second-order valence-electron chi connectivity index (χ2n) is 8.01. The van der Waals surface area contributed by atoms with Crippen molar-refractivity contribution in [2.75, 3.05) is 29.4 Å². The van der Waals surface area contributed by atoms with E-state index >= 15 is 0 Å². The number of aromatic nitrogens is 3. The third kappa shape index (κ3) is 3.03. The number of anilines is 2. The van der Waals surface area contributed by atoms with Gasteiger partial charge in [-0.25, -0.2) is 14.4 Å². The molecule has 0 bridgehead atoms. The summed E-state index contributed by atoms with van der Waals surface area (Å²) in [5.41, 5.74) is 3.08. The topological polar surface area (TPSA) is 75.4 Å². The third-order valence-electron chi connectivity index (χ3n) is 6.09. The zero-order valence-corrected chi connectivity index (χ0v) is 16.9. The van der Waals surface area contributed by atoms with Crippen LogP contribution in [0.1, 0.15) is 28.2 Å². The lowest BCUT2D eigenvalue weighted by Crippen LogP contribution is -2.65. The Hall–Kier alpha value is -3.29. The van der Waals surface area contributed by atoms with Crippen LogP contribution in [0.2, 0.25) is 0 Å². The first-order valence-corrected chi connectivity index (χ1v) is 10.1. The largest absolute Gasteiger partial charge is 0.365 e. The van der Waals surface area contributed by atoms with E-state index in [-0.39, 0.29) is 17.4 Å². The fourth-order valence-electron chi connectivity index (χ4n) is 4.65. The molecule has 0 aliphatic carbocycles. The molecule has 2 aliphatic heterocycles. The molecule has 3 aromatic rings. The van der Waals surface area contributed by atoms with E-state index < -0.39 is 5.82 Å². The first kappa shape index (κ1) is 18.7. The highest BCUT2D eigenvalue weighted by Crippen LogP contribution is 2.41. The molecule has 0 spiro atoms. The van der Waals surface area contributed by atoms with Crippen LogP contribution in [0, 0.1) is 25.6 Å². The van der Waals surface area contributed by atoms with Crippen LogP contribution in [0.5, 0.6) is 0 Å². The van der Waals surface area contributed by atoms with Crippen LogP contribution in [-0.2, 0) is 0 Å². The summed E-state index contributed by atoms with van der Waals surface area (Å²) in [5.74, 6) is 1.03. The van der Waals surface area contributed by atoms with Crippen LogP contribution < -0.4 is 9.80 Å². The first-order valence-electron chi connectivity index (χ1n) is 10.1. The molecular weight excluding hydrogens is 385 g/mol. The minimum Gasteiger partial charge on any atom is -0.365 e. The lowest BCUT2D eigenvalue weighted by atomic mass is 9.81. The van der Waals surface area contributed by atoms with E-state index in [1.807, 2.05) is 19.9 Å². The van der Waals surface area contributed by atoms with E-state index in [4.69, 9.17) is 4.52 Å². The maximum absolute atomic E-state index is 14.6. The van der Waals surface area contributed by atoms with Crippen LogP contribution in [0.25, 0.3) is 11.3 Å². The number of aryl methyl sites for hydroxylation is 2. The van der Waals surface area contributed by atoms with E-state index in [9.17, 15) is 9.18 Å². The van der Waals surface area contributed by atoms with Gasteiger partial charge in [0, 0.05) is 48.7 Å². The second kappa shape index (κ2) is 7.19. The highest BCUT2D eigenvalue weighted by molar-refractivity contribution is 5.94. The van der Waals surface area contributed by atoms with Crippen LogP contribution in [0.3, 0.4) is 0 Å². The molecule has 2 atom stereocenters. The number of hydrogen-bond donors (Lipinski definition) is 0. The van der Waals surface area contributed by atoms with Crippen molar-refractivity contribution in [3.63, 3.8) is 0 Å². The zero-order chi connectivity index (χ0) is 20.8. The normalized spacial score (nSPS) is 20.6. The Labute approximate surface area is 173 Å². The molecule has 30 heavy (non-hydrogen) atoms. The molecule has 2 fully saturated rings. The number of rotatable bonds is 4. The monoisotopic (exact) mass is 407 g/mol. The van der Waals surface area contributed by atoms with Gasteiger partial charge < -0.3 is 14.3 Å². The molecule has 0 saturated carbocycles. The number of carbonyl (C=O) groups is 1. The number of aldehydes is 1. The minimum absolute atomic E-state index is 0.161. The van der Waals surface area contributed by atoms with Crippen molar-refractivity contribution >= 4 is 17.9 Å². The van der Waals surface area contributed by atoms with Gasteiger partial charge in [0.1, 0.15) is 5.82 Å². The van der Waals surface area contributed by atoms with E-state index in [1.54, 1.807) is 12.1 Å². The van der Waals surface area contributed by atoms with Crippen molar-refractivity contribution in [1.82, 2.24) is 15.1 Å². The van der Waals surface area contributed by atoms with E-state index in [0.29, 0.717) is 17.8 Å². The lowest BCUT2D eigenvalue weighted by Gasteiger charge is -2.55. The van der Waals surface area contributed by atoms with E-state index in [1.165, 1.54) is 12.3 Å². The number of nitrogens with zero attached hydrogens (tertiary/aromatic N) is 5. The molecule has 2 saturated heterocycles. The highest BCUT2D eigenvalue weighted by atomic mass is 19.1. The molecular formula is C22H22FN5O2. The van der Waals surface area contributed by atoms with Crippen LogP contribution >= 0.6 is 0 Å². The second-order valence-corrected chi connectivity index (χ2v) is 8.01. The third-order valence-corrected chi connectivity index (χ3v) is 6.09. The molecule has 0 radical (unpaired) electrons. The maximum atomic E-state index is 14.6. The molecule has 0 N–H and O–H groups in total. The summed E-state index contributed by atoms with van der Waals surface area (Å²) < 4.78 is 19.7. The van der Waals surface area contributed by atoms with Gasteiger partial charge in [-0.05, 0) is 38.5 Å². The van der Waals surface area contributed by atoms with Crippen molar-refractivity contribution in [3.05, 3.63) is 53.2 Å². The number of halogens is 1. The van der Waals surface area contributed by atoms with Gasteiger partial charge in [-0.1, -0.05) is 5.16 Å². The molecule has 0 unspecified atom stereocenters. The molecule has 5 rings (SSSR count). The van der Waals surface area contributed by atoms with Gasteiger partial charge in [0.2, 0.25) is 5.95 Å². The number of fused-ring (bicyclic) bond motifs is 1. The van der Waals surface area contributed by atoms with Crippen molar-refractivity contribution in [3.8, 4) is 11.3 Å². The Bertz CT molecular complexity index is 1080. The van der Waals surface area contributed by atoms with Gasteiger partial charge in [0.05, 0.1) is 23.4 Å². The average Bonchev–Trinajstić information content (AvgIpc) is 3.23. The van der Waals surface area contributed by atoms with Gasteiger partial charge in [-0.2, -0.15) is 0 Å². The van der Waals surface area contributed by atoms with Crippen LogP contribution in [0.4, 0.5) is 16.0 Å². The predicted octanol–water partition coefficient (Wildman–Crippen LogP) is 3.42. The molecule has 0 amide bonds. The quantitative estimate of drug-likeness (QED) is 0.614. The Morgan fingerprint density at radius 3 is 2.67 bits per heavy atom. The number of benzene rings is 1. The fourth-order valence-corrected chi connectivity index (χ4v) is 4.65. The standard InChI is InChI=1S/C22H22FN5O2/c1-13-9-14(2)26-22(25-13)27-8-6-15-10-28(19(15)11-27)18-4-3-17(23)21(16(18)12-29)20-5-7-24-30-20/h3-5,7,9,12,15,19H,6,8,10-11H2,1-2H3/t15-,19-/m1/s1. The van der Waals surface area contributed by atoms with Gasteiger partial charge in [-0.3, -0.25) is 4.79 Å². The lowest BCUT2D eigenvalue weighted by molar-refractivity contribution is 0.112. The zero-order valence-electron chi connectivity index (χ0n) is 16.9. The molecule has 1 aromatic carbocycles. The molecule has 4 heterocycles. The number of carbonyl (C=O) groups excluding carboxylic acids is 1. The van der Waals surface area contributed by atoms with E-state index in [0.717, 1.165) is 49.1 Å². The molecule has 2 aromatic heterocycles. The van der Waals surface area contributed by atoms with Gasteiger partial charge in [0.15, 0.2) is 12.0 Å². The average molecular weight is 407 g/mol. The summed E-state index contributed by atoms with van der Waals surface area (Å²) in [7, 11) is 0.